The Bertz CT molecular complexity index is 458. The van der Waals surface area contributed by atoms with Crippen LogP contribution in [0.5, 0.6) is 11.6 Å². The highest BCUT2D eigenvalue weighted by molar-refractivity contribution is 5.29. The fourth-order valence-corrected chi connectivity index (χ4v) is 1.03. The minimum Gasteiger partial charge on any atom is -0.437 e. The number of nitrogen functional groups attached to an aromatic ring is 1. The van der Waals surface area contributed by atoms with E-state index < -0.39 is 0 Å². The van der Waals surface area contributed by atoms with Gasteiger partial charge in [0, 0.05) is 6.07 Å². The first-order valence-corrected chi connectivity index (χ1v) is 4.25. The van der Waals surface area contributed by atoms with Crippen LogP contribution >= 0.6 is 0 Å². The third-order valence-electron chi connectivity index (χ3n) is 1.67. The van der Waals surface area contributed by atoms with Gasteiger partial charge in [0.05, 0.1) is 12.4 Å². The largest absolute Gasteiger partial charge is 0.437 e. The summed E-state index contributed by atoms with van der Waals surface area (Å²) >= 11 is 0. The van der Waals surface area contributed by atoms with Gasteiger partial charge in [-0.15, -0.1) is 0 Å². The first kappa shape index (κ1) is 9.39. The first-order chi connectivity index (χ1) is 7.24. The molecule has 1 aromatic carbocycles. The average Bonchev–Trinajstić information content (AvgIpc) is 2.22. The summed E-state index contributed by atoms with van der Waals surface area (Å²) in [5, 5.41) is 0. The molecule has 0 radical (unpaired) electrons. The van der Waals surface area contributed by atoms with Crippen LogP contribution in [0.2, 0.25) is 0 Å². The highest BCUT2D eigenvalue weighted by Crippen LogP contribution is 2.19. The fourth-order valence-electron chi connectivity index (χ4n) is 1.03. The lowest BCUT2D eigenvalue weighted by atomic mass is 10.3. The van der Waals surface area contributed by atoms with E-state index in [1.54, 1.807) is 12.1 Å². The van der Waals surface area contributed by atoms with Gasteiger partial charge in [-0.05, 0) is 12.1 Å². The normalized spacial score (nSPS) is 9.93. The lowest BCUT2D eigenvalue weighted by Gasteiger charge is -2.03. The second-order valence-electron chi connectivity index (χ2n) is 2.84. The molecule has 0 aliphatic rings. The van der Waals surface area contributed by atoms with Crippen LogP contribution in [0, 0.1) is 5.82 Å². The van der Waals surface area contributed by atoms with Gasteiger partial charge in [-0.2, -0.15) is 0 Å². The summed E-state index contributed by atoms with van der Waals surface area (Å²) in [5.41, 5.74) is 5.36. The molecule has 0 saturated heterocycles. The molecule has 0 atom stereocenters. The Morgan fingerprint density at radius 3 is 2.73 bits per heavy atom. The number of halogens is 1. The Labute approximate surface area is 85.5 Å². The molecule has 0 amide bonds. The number of ether oxygens (including phenoxy) is 1. The van der Waals surface area contributed by atoms with Crippen LogP contribution in [-0.2, 0) is 0 Å². The maximum atomic E-state index is 12.8. The number of aromatic nitrogens is 2. The van der Waals surface area contributed by atoms with E-state index in [0.29, 0.717) is 11.6 Å². The molecule has 2 N–H and O–H groups in total. The molecule has 0 fully saturated rings. The number of nitrogens with zero attached hydrogens (tertiary/aromatic N) is 2. The van der Waals surface area contributed by atoms with E-state index >= 15 is 0 Å². The number of hydrogen-bond acceptors (Lipinski definition) is 4. The van der Waals surface area contributed by atoms with Crippen molar-refractivity contribution in [1.29, 1.82) is 0 Å². The summed E-state index contributed by atoms with van der Waals surface area (Å²) in [6.45, 7) is 0. The maximum absolute atomic E-state index is 12.8. The highest BCUT2D eigenvalue weighted by Gasteiger charge is 1.99. The minimum atomic E-state index is -0.365. The molecule has 1 aromatic heterocycles. The molecule has 5 heteroatoms. The van der Waals surface area contributed by atoms with Gasteiger partial charge < -0.3 is 10.5 Å². The molecule has 1 heterocycles. The zero-order chi connectivity index (χ0) is 10.7. The van der Waals surface area contributed by atoms with Crippen molar-refractivity contribution in [2.24, 2.45) is 0 Å². The summed E-state index contributed by atoms with van der Waals surface area (Å²) in [6.07, 6.45) is 2.74. The Hall–Kier alpha value is -2.17. The molecule has 76 valence electrons. The molecule has 15 heavy (non-hydrogen) atoms. The second-order valence-corrected chi connectivity index (χ2v) is 2.84. The molecular formula is C10H8FN3O. The Kier molecular flexibility index (Phi) is 2.45. The van der Waals surface area contributed by atoms with E-state index in [0.717, 1.165) is 0 Å². The number of rotatable bonds is 2. The van der Waals surface area contributed by atoms with Crippen LogP contribution in [-0.4, -0.2) is 9.97 Å². The van der Waals surface area contributed by atoms with E-state index in [9.17, 15) is 4.39 Å². The van der Waals surface area contributed by atoms with Gasteiger partial charge in [0.25, 0.3) is 0 Å². The molecule has 0 spiro atoms. The van der Waals surface area contributed by atoms with Gasteiger partial charge in [-0.1, -0.05) is 6.07 Å². The van der Waals surface area contributed by atoms with Crippen molar-refractivity contribution in [3.8, 4) is 11.6 Å². The maximum Gasteiger partial charge on any atom is 0.237 e. The summed E-state index contributed by atoms with van der Waals surface area (Å²) in [7, 11) is 0. The van der Waals surface area contributed by atoms with E-state index in [2.05, 4.69) is 9.97 Å². The molecular weight excluding hydrogens is 197 g/mol. The lowest BCUT2D eigenvalue weighted by Crippen LogP contribution is -1.93. The first-order valence-electron chi connectivity index (χ1n) is 4.25. The molecule has 2 rings (SSSR count). The van der Waals surface area contributed by atoms with Crippen molar-refractivity contribution in [3.63, 3.8) is 0 Å². The number of anilines is 1. The van der Waals surface area contributed by atoms with Crippen molar-refractivity contribution >= 4 is 5.82 Å². The van der Waals surface area contributed by atoms with Gasteiger partial charge in [0.2, 0.25) is 5.88 Å². The van der Waals surface area contributed by atoms with Gasteiger partial charge in [0.15, 0.2) is 0 Å². The van der Waals surface area contributed by atoms with Crippen molar-refractivity contribution < 1.29 is 9.13 Å². The Balaban J connectivity index is 2.18. The van der Waals surface area contributed by atoms with Crippen molar-refractivity contribution in [3.05, 3.63) is 42.5 Å². The third kappa shape index (κ3) is 2.40. The predicted octanol–water partition coefficient (Wildman–Crippen LogP) is 1.99. The van der Waals surface area contributed by atoms with Crippen LogP contribution < -0.4 is 10.5 Å². The van der Waals surface area contributed by atoms with E-state index in [1.807, 2.05) is 0 Å². The molecule has 0 aliphatic heterocycles. The molecule has 2 aromatic rings. The molecule has 4 nitrogen and oxygen atoms in total. The van der Waals surface area contributed by atoms with Crippen LogP contribution in [0.25, 0.3) is 0 Å². The zero-order valence-electron chi connectivity index (χ0n) is 7.72. The summed E-state index contributed by atoms with van der Waals surface area (Å²) in [4.78, 5) is 7.67. The average molecular weight is 205 g/mol. The molecule has 0 aliphatic carbocycles. The number of nitrogens with two attached hydrogens (primary N) is 1. The number of hydrogen-bond donors (Lipinski definition) is 1. The van der Waals surface area contributed by atoms with Crippen molar-refractivity contribution in [1.82, 2.24) is 9.97 Å². The smallest absolute Gasteiger partial charge is 0.237 e. The van der Waals surface area contributed by atoms with E-state index in [1.165, 1.54) is 24.5 Å². The molecule has 0 saturated carbocycles. The Morgan fingerprint density at radius 1 is 1.20 bits per heavy atom. The third-order valence-corrected chi connectivity index (χ3v) is 1.67. The fraction of sp³-hybridized carbons (Fsp3) is 0. The van der Waals surface area contributed by atoms with Gasteiger partial charge >= 0.3 is 0 Å². The predicted molar refractivity (Wildman–Crippen MR) is 52.9 cm³/mol. The van der Waals surface area contributed by atoms with Gasteiger partial charge in [-0.25, -0.2) is 14.4 Å². The van der Waals surface area contributed by atoms with Crippen LogP contribution in [0.4, 0.5) is 10.2 Å². The second kappa shape index (κ2) is 3.91. The molecule has 0 unspecified atom stereocenters. The summed E-state index contributed by atoms with van der Waals surface area (Å²) in [6, 6.07) is 5.77. The number of benzene rings is 1. The highest BCUT2D eigenvalue weighted by atomic mass is 19.1. The van der Waals surface area contributed by atoms with E-state index in [4.69, 9.17) is 10.5 Å². The summed E-state index contributed by atoms with van der Waals surface area (Å²) in [5.74, 6) is 0.585. The van der Waals surface area contributed by atoms with Crippen molar-refractivity contribution in [2.45, 2.75) is 0 Å². The zero-order valence-corrected chi connectivity index (χ0v) is 7.72. The minimum absolute atomic E-state index is 0.273. The van der Waals surface area contributed by atoms with Gasteiger partial charge in [-0.3, -0.25) is 0 Å². The Morgan fingerprint density at radius 2 is 2.07 bits per heavy atom. The topological polar surface area (TPSA) is 61.0 Å². The monoisotopic (exact) mass is 205 g/mol. The quantitative estimate of drug-likeness (QED) is 0.814. The standard InChI is InChI=1S/C10H8FN3O/c11-7-2-1-3-8(4-7)15-10-6-13-9(12)5-14-10/h1-6H,(H2,12,13). The summed E-state index contributed by atoms with van der Waals surface area (Å²) < 4.78 is 18.0. The lowest BCUT2D eigenvalue weighted by molar-refractivity contribution is 0.456. The van der Waals surface area contributed by atoms with Crippen LogP contribution in [0.3, 0.4) is 0 Å². The van der Waals surface area contributed by atoms with E-state index in [-0.39, 0.29) is 11.7 Å². The van der Waals surface area contributed by atoms with Crippen LogP contribution in [0.15, 0.2) is 36.7 Å². The van der Waals surface area contributed by atoms with Crippen molar-refractivity contribution in [2.75, 3.05) is 5.73 Å². The van der Waals surface area contributed by atoms with Gasteiger partial charge in [0.1, 0.15) is 17.4 Å². The SMILES string of the molecule is Nc1cnc(Oc2cccc(F)c2)cn1. The van der Waals surface area contributed by atoms with Crippen LogP contribution in [0.1, 0.15) is 0 Å². The molecule has 0 bridgehead atoms.